The highest BCUT2D eigenvalue weighted by atomic mass is 32.1. The number of aromatic nitrogens is 4. The largest absolute Gasteiger partial charge is 0.463 e. The number of hydrogen-bond donors (Lipinski definition) is 0. The standard InChI is InChI=1S/C7H5N5O4S/c1-16-6(13)5-9-3-11(10-5)7-8-2-4(17-7)12(14)15/h2-3H,1H3. The van der Waals surface area contributed by atoms with Gasteiger partial charge in [-0.25, -0.2) is 14.8 Å². The molecule has 17 heavy (non-hydrogen) atoms. The van der Waals surface area contributed by atoms with Crippen molar-refractivity contribution in [3.05, 3.63) is 28.5 Å². The molecule has 2 rings (SSSR count). The molecular weight excluding hydrogens is 250 g/mol. The number of rotatable bonds is 3. The Balaban J connectivity index is 2.30. The molecule has 0 saturated carbocycles. The summed E-state index contributed by atoms with van der Waals surface area (Å²) >= 11 is 0.825. The molecule has 2 heterocycles. The Labute approximate surface area is 97.8 Å². The molecule has 2 aromatic heterocycles. The highest BCUT2D eigenvalue weighted by Gasteiger charge is 2.16. The number of carbonyl (C=O) groups excluding carboxylic acids is 1. The van der Waals surface area contributed by atoms with E-state index in [4.69, 9.17) is 0 Å². The van der Waals surface area contributed by atoms with Crippen LogP contribution in [0.1, 0.15) is 10.6 Å². The zero-order valence-corrected chi connectivity index (χ0v) is 9.25. The van der Waals surface area contributed by atoms with Gasteiger partial charge in [0.1, 0.15) is 12.5 Å². The van der Waals surface area contributed by atoms with Gasteiger partial charge in [-0.05, 0) is 11.3 Å². The molecule has 0 aliphatic rings. The van der Waals surface area contributed by atoms with Crippen molar-refractivity contribution in [2.75, 3.05) is 7.11 Å². The third-order valence-corrected chi connectivity index (χ3v) is 2.66. The normalized spacial score (nSPS) is 10.2. The smallest absolute Gasteiger partial charge is 0.377 e. The van der Waals surface area contributed by atoms with E-state index in [0.717, 1.165) is 17.5 Å². The van der Waals surface area contributed by atoms with Crippen LogP contribution >= 0.6 is 11.3 Å². The number of ether oxygens (including phenoxy) is 1. The van der Waals surface area contributed by atoms with Crippen molar-refractivity contribution < 1.29 is 14.5 Å². The van der Waals surface area contributed by atoms with Gasteiger partial charge < -0.3 is 4.74 Å². The maximum atomic E-state index is 11.1. The Morgan fingerprint density at radius 2 is 2.35 bits per heavy atom. The van der Waals surface area contributed by atoms with Gasteiger partial charge in [-0.15, -0.1) is 5.10 Å². The number of methoxy groups -OCH3 is 1. The monoisotopic (exact) mass is 255 g/mol. The molecular formula is C7H5N5O4S. The fourth-order valence-corrected chi connectivity index (χ4v) is 1.64. The van der Waals surface area contributed by atoms with Crippen LogP contribution in [0.15, 0.2) is 12.5 Å². The molecule has 10 heteroatoms. The van der Waals surface area contributed by atoms with Crippen LogP contribution in [0.5, 0.6) is 0 Å². The van der Waals surface area contributed by atoms with Gasteiger partial charge >= 0.3 is 11.0 Å². The minimum atomic E-state index is -0.685. The zero-order valence-electron chi connectivity index (χ0n) is 8.43. The maximum absolute atomic E-state index is 11.1. The average Bonchev–Trinajstić information content (AvgIpc) is 2.95. The molecule has 88 valence electrons. The van der Waals surface area contributed by atoms with Gasteiger partial charge in [0.05, 0.1) is 12.0 Å². The van der Waals surface area contributed by atoms with Crippen LogP contribution in [-0.4, -0.2) is 37.8 Å². The van der Waals surface area contributed by atoms with Crippen molar-refractivity contribution in [3.8, 4) is 5.13 Å². The number of thiazole rings is 1. The molecule has 2 aromatic rings. The molecule has 0 atom stereocenters. The fourth-order valence-electron chi connectivity index (χ4n) is 0.987. The average molecular weight is 255 g/mol. The molecule has 0 saturated heterocycles. The second-order valence-corrected chi connectivity index (χ2v) is 3.73. The first-order chi connectivity index (χ1) is 8.11. The second-order valence-electron chi connectivity index (χ2n) is 2.74. The van der Waals surface area contributed by atoms with Crippen LogP contribution in [0.3, 0.4) is 0 Å². The van der Waals surface area contributed by atoms with Gasteiger partial charge in [-0.1, -0.05) is 0 Å². The molecule has 0 fully saturated rings. The molecule has 0 N–H and O–H groups in total. The number of nitro groups is 1. The van der Waals surface area contributed by atoms with Gasteiger partial charge in [0, 0.05) is 0 Å². The maximum Gasteiger partial charge on any atom is 0.377 e. The van der Waals surface area contributed by atoms with Gasteiger partial charge in [-0.3, -0.25) is 10.1 Å². The minimum absolute atomic E-state index is 0.116. The van der Waals surface area contributed by atoms with Gasteiger partial charge in [0.25, 0.3) is 5.82 Å². The van der Waals surface area contributed by atoms with Crippen LogP contribution in [0.2, 0.25) is 0 Å². The Morgan fingerprint density at radius 3 is 2.94 bits per heavy atom. The number of carbonyl (C=O) groups is 1. The third kappa shape index (κ3) is 2.10. The molecule has 0 unspecified atom stereocenters. The molecule has 0 aliphatic carbocycles. The zero-order chi connectivity index (χ0) is 12.4. The first-order valence-corrected chi connectivity index (χ1v) is 5.04. The predicted octanol–water partition coefficient (Wildman–Crippen LogP) is 0.419. The van der Waals surface area contributed by atoms with E-state index in [0.29, 0.717) is 0 Å². The van der Waals surface area contributed by atoms with Gasteiger partial charge in [-0.2, -0.15) is 4.68 Å². The lowest BCUT2D eigenvalue weighted by atomic mass is 10.6. The molecule has 0 radical (unpaired) electrons. The quantitative estimate of drug-likeness (QED) is 0.443. The number of nitrogens with zero attached hydrogens (tertiary/aromatic N) is 5. The summed E-state index contributed by atoms with van der Waals surface area (Å²) in [6.07, 6.45) is 2.34. The topological polar surface area (TPSA) is 113 Å². The molecule has 9 nitrogen and oxygen atoms in total. The lowest BCUT2D eigenvalue weighted by Crippen LogP contribution is -2.04. The van der Waals surface area contributed by atoms with E-state index in [1.165, 1.54) is 18.1 Å². The van der Waals surface area contributed by atoms with Crippen molar-refractivity contribution in [3.63, 3.8) is 0 Å². The molecule has 0 aliphatic heterocycles. The SMILES string of the molecule is COC(=O)c1ncn(-c2ncc([N+](=O)[O-])s2)n1. The first kappa shape index (κ1) is 11.1. The number of hydrogen-bond acceptors (Lipinski definition) is 8. The van der Waals surface area contributed by atoms with E-state index in [-0.39, 0.29) is 16.0 Å². The summed E-state index contributed by atoms with van der Waals surface area (Å²) in [7, 11) is 1.21. The summed E-state index contributed by atoms with van der Waals surface area (Å²) in [5.41, 5.74) is 0. The van der Waals surface area contributed by atoms with Crippen molar-refractivity contribution in [1.29, 1.82) is 0 Å². The van der Waals surface area contributed by atoms with E-state index in [2.05, 4.69) is 19.8 Å². The Kier molecular flexibility index (Phi) is 2.78. The van der Waals surface area contributed by atoms with Gasteiger partial charge in [0.15, 0.2) is 0 Å². The van der Waals surface area contributed by atoms with E-state index in [9.17, 15) is 14.9 Å². The first-order valence-electron chi connectivity index (χ1n) is 4.22. The van der Waals surface area contributed by atoms with Crippen molar-refractivity contribution >= 4 is 22.3 Å². The van der Waals surface area contributed by atoms with Crippen molar-refractivity contribution in [1.82, 2.24) is 19.7 Å². The molecule has 0 bridgehead atoms. The highest BCUT2D eigenvalue weighted by Crippen LogP contribution is 2.23. The highest BCUT2D eigenvalue weighted by molar-refractivity contribution is 7.17. The minimum Gasteiger partial charge on any atom is -0.463 e. The number of esters is 1. The summed E-state index contributed by atoms with van der Waals surface area (Å²) < 4.78 is 5.60. The van der Waals surface area contributed by atoms with Crippen LogP contribution in [-0.2, 0) is 4.74 Å². The molecule has 0 aromatic carbocycles. The van der Waals surface area contributed by atoms with E-state index < -0.39 is 10.9 Å². The van der Waals surface area contributed by atoms with Crippen molar-refractivity contribution in [2.24, 2.45) is 0 Å². The lowest BCUT2D eigenvalue weighted by Gasteiger charge is -1.91. The molecule has 0 amide bonds. The van der Waals surface area contributed by atoms with E-state index in [1.807, 2.05) is 0 Å². The summed E-state index contributed by atoms with van der Waals surface area (Å²) in [6.45, 7) is 0. The Hall–Kier alpha value is -2.36. The fraction of sp³-hybridized carbons (Fsp3) is 0.143. The van der Waals surface area contributed by atoms with E-state index in [1.54, 1.807) is 0 Å². The van der Waals surface area contributed by atoms with Gasteiger partial charge in [0.2, 0.25) is 5.13 Å². The Morgan fingerprint density at radius 1 is 1.59 bits per heavy atom. The van der Waals surface area contributed by atoms with Crippen LogP contribution in [0, 0.1) is 10.1 Å². The third-order valence-electron chi connectivity index (χ3n) is 1.72. The summed E-state index contributed by atoms with van der Waals surface area (Å²) in [5.74, 6) is -0.819. The van der Waals surface area contributed by atoms with Crippen LogP contribution in [0.4, 0.5) is 5.00 Å². The summed E-state index contributed by atoms with van der Waals surface area (Å²) in [6, 6.07) is 0. The molecule has 0 spiro atoms. The lowest BCUT2D eigenvalue weighted by molar-refractivity contribution is -0.380. The predicted molar refractivity (Wildman–Crippen MR) is 55.0 cm³/mol. The summed E-state index contributed by atoms with van der Waals surface area (Å²) in [5, 5.41) is 14.4. The second kappa shape index (κ2) is 4.25. The van der Waals surface area contributed by atoms with Crippen molar-refractivity contribution in [2.45, 2.75) is 0 Å². The Bertz CT molecular complexity index is 576. The van der Waals surface area contributed by atoms with Crippen LogP contribution in [0.25, 0.3) is 5.13 Å². The van der Waals surface area contributed by atoms with Crippen LogP contribution < -0.4 is 0 Å². The summed E-state index contributed by atoms with van der Waals surface area (Å²) in [4.78, 5) is 28.5. The van der Waals surface area contributed by atoms with E-state index >= 15 is 0 Å².